The summed E-state index contributed by atoms with van der Waals surface area (Å²) in [6.07, 6.45) is 2.49. The highest BCUT2D eigenvalue weighted by Crippen LogP contribution is 2.25. The fourth-order valence-corrected chi connectivity index (χ4v) is 3.34. The number of nitrogens with one attached hydrogen (secondary N) is 1. The van der Waals surface area contributed by atoms with Crippen molar-refractivity contribution in [1.29, 1.82) is 0 Å². The topological polar surface area (TPSA) is 15.3 Å². The standard InChI is InChI=1S/C15H23BrN2/c1-11-10-13(8-9-18(11)3)17-12(2)14-6-4-5-7-15(14)16/h4-7,11-13,17H,8-10H2,1-3H3/t11?,12-,13?/m1/s1. The van der Waals surface area contributed by atoms with Crippen LogP contribution in [0.3, 0.4) is 0 Å². The molecule has 100 valence electrons. The number of rotatable bonds is 3. The van der Waals surface area contributed by atoms with Crippen molar-refractivity contribution in [2.75, 3.05) is 13.6 Å². The second-order valence-corrected chi connectivity index (χ2v) is 6.32. The molecule has 18 heavy (non-hydrogen) atoms. The average Bonchev–Trinajstić information content (AvgIpc) is 2.34. The molecule has 1 heterocycles. The van der Waals surface area contributed by atoms with Crippen LogP contribution < -0.4 is 5.32 Å². The van der Waals surface area contributed by atoms with Gasteiger partial charge in [0.1, 0.15) is 0 Å². The maximum Gasteiger partial charge on any atom is 0.0305 e. The molecular weight excluding hydrogens is 288 g/mol. The van der Waals surface area contributed by atoms with Crippen molar-refractivity contribution < 1.29 is 0 Å². The number of likely N-dealkylation sites (tertiary alicyclic amines) is 1. The van der Waals surface area contributed by atoms with Crippen LogP contribution in [0.5, 0.6) is 0 Å². The number of benzene rings is 1. The molecule has 1 N–H and O–H groups in total. The SMILES string of the molecule is CC1CC(N[C@H](C)c2ccccc2Br)CCN1C. The van der Waals surface area contributed by atoms with Crippen LogP contribution in [0.4, 0.5) is 0 Å². The van der Waals surface area contributed by atoms with Crippen molar-refractivity contribution in [3.05, 3.63) is 34.3 Å². The number of halogens is 1. The third-order valence-electron chi connectivity index (χ3n) is 4.07. The summed E-state index contributed by atoms with van der Waals surface area (Å²) >= 11 is 3.63. The van der Waals surface area contributed by atoms with Crippen molar-refractivity contribution in [2.24, 2.45) is 0 Å². The van der Waals surface area contributed by atoms with Crippen molar-refractivity contribution in [3.8, 4) is 0 Å². The van der Waals surface area contributed by atoms with E-state index in [-0.39, 0.29) is 0 Å². The van der Waals surface area contributed by atoms with E-state index in [2.05, 4.69) is 71.3 Å². The van der Waals surface area contributed by atoms with Gasteiger partial charge in [-0.3, -0.25) is 0 Å². The quantitative estimate of drug-likeness (QED) is 0.918. The first-order chi connectivity index (χ1) is 8.58. The second kappa shape index (κ2) is 6.18. The Morgan fingerprint density at radius 2 is 2.11 bits per heavy atom. The molecule has 0 saturated carbocycles. The summed E-state index contributed by atoms with van der Waals surface area (Å²) in [7, 11) is 2.22. The maximum atomic E-state index is 3.77. The Hall–Kier alpha value is -0.380. The van der Waals surface area contributed by atoms with E-state index < -0.39 is 0 Å². The van der Waals surface area contributed by atoms with Gasteiger partial charge in [-0.2, -0.15) is 0 Å². The van der Waals surface area contributed by atoms with Gasteiger partial charge >= 0.3 is 0 Å². The highest BCUT2D eigenvalue weighted by atomic mass is 79.9. The molecule has 1 aromatic rings. The Balaban J connectivity index is 1.96. The zero-order valence-electron chi connectivity index (χ0n) is 11.5. The minimum Gasteiger partial charge on any atom is -0.307 e. The van der Waals surface area contributed by atoms with E-state index >= 15 is 0 Å². The summed E-state index contributed by atoms with van der Waals surface area (Å²) in [5.41, 5.74) is 1.35. The van der Waals surface area contributed by atoms with Gasteiger partial charge in [0.25, 0.3) is 0 Å². The molecule has 3 atom stereocenters. The highest BCUT2D eigenvalue weighted by Gasteiger charge is 2.24. The average molecular weight is 311 g/mol. The van der Waals surface area contributed by atoms with Gasteiger partial charge in [0, 0.05) is 22.6 Å². The van der Waals surface area contributed by atoms with Crippen molar-refractivity contribution in [3.63, 3.8) is 0 Å². The lowest BCUT2D eigenvalue weighted by Crippen LogP contribution is -2.46. The molecule has 0 aliphatic carbocycles. The van der Waals surface area contributed by atoms with Gasteiger partial charge < -0.3 is 10.2 Å². The molecule has 0 radical (unpaired) electrons. The normalized spacial score (nSPS) is 27.1. The molecule has 0 amide bonds. The first kappa shape index (κ1) is 14.0. The first-order valence-corrected chi connectivity index (χ1v) is 7.58. The van der Waals surface area contributed by atoms with Gasteiger partial charge in [-0.1, -0.05) is 34.1 Å². The van der Waals surface area contributed by atoms with Crippen molar-refractivity contribution in [2.45, 2.75) is 44.8 Å². The Kier molecular flexibility index (Phi) is 4.82. The molecule has 1 saturated heterocycles. The zero-order chi connectivity index (χ0) is 13.1. The predicted molar refractivity (Wildman–Crippen MR) is 80.8 cm³/mol. The molecule has 0 aromatic heterocycles. The molecule has 2 unspecified atom stereocenters. The largest absolute Gasteiger partial charge is 0.307 e. The van der Waals surface area contributed by atoms with E-state index in [0.717, 1.165) is 0 Å². The van der Waals surface area contributed by atoms with Crippen molar-refractivity contribution >= 4 is 15.9 Å². The van der Waals surface area contributed by atoms with E-state index in [4.69, 9.17) is 0 Å². The van der Waals surface area contributed by atoms with Crippen LogP contribution >= 0.6 is 15.9 Å². The van der Waals surface area contributed by atoms with Crippen LogP contribution in [-0.4, -0.2) is 30.6 Å². The van der Waals surface area contributed by atoms with Crippen molar-refractivity contribution in [1.82, 2.24) is 10.2 Å². The lowest BCUT2D eigenvalue weighted by atomic mass is 9.97. The summed E-state index contributed by atoms with van der Waals surface area (Å²) in [6, 6.07) is 10.2. The monoisotopic (exact) mass is 310 g/mol. The predicted octanol–water partition coefficient (Wildman–Crippen LogP) is 3.58. The lowest BCUT2D eigenvalue weighted by molar-refractivity contribution is 0.163. The fraction of sp³-hybridized carbons (Fsp3) is 0.600. The van der Waals surface area contributed by atoms with Crippen LogP contribution in [0.25, 0.3) is 0 Å². The lowest BCUT2D eigenvalue weighted by Gasteiger charge is -2.36. The number of piperidine rings is 1. The third-order valence-corrected chi connectivity index (χ3v) is 4.79. The summed E-state index contributed by atoms with van der Waals surface area (Å²) in [4.78, 5) is 2.45. The Morgan fingerprint density at radius 1 is 1.39 bits per heavy atom. The van der Waals surface area contributed by atoms with Crippen LogP contribution in [0.15, 0.2) is 28.7 Å². The third kappa shape index (κ3) is 3.34. The molecule has 1 aliphatic heterocycles. The minimum absolute atomic E-state index is 0.404. The molecule has 1 fully saturated rings. The van der Waals surface area contributed by atoms with Gasteiger partial charge in [-0.25, -0.2) is 0 Å². The van der Waals surface area contributed by atoms with E-state index in [9.17, 15) is 0 Å². The second-order valence-electron chi connectivity index (χ2n) is 5.46. The summed E-state index contributed by atoms with van der Waals surface area (Å²) < 4.78 is 1.20. The number of nitrogens with zero attached hydrogens (tertiary/aromatic N) is 1. The first-order valence-electron chi connectivity index (χ1n) is 6.78. The van der Waals surface area contributed by atoms with E-state index in [1.165, 1.54) is 29.4 Å². The van der Waals surface area contributed by atoms with Gasteiger partial charge in [-0.05, 0) is 51.9 Å². The molecule has 3 heteroatoms. The summed E-state index contributed by atoms with van der Waals surface area (Å²) in [5, 5.41) is 3.77. The highest BCUT2D eigenvalue weighted by molar-refractivity contribution is 9.10. The Morgan fingerprint density at radius 3 is 2.78 bits per heavy atom. The van der Waals surface area contributed by atoms with Crippen LogP contribution in [0.1, 0.15) is 38.3 Å². The van der Waals surface area contributed by atoms with Crippen LogP contribution in [0, 0.1) is 0 Å². The fourth-order valence-electron chi connectivity index (χ4n) is 2.71. The molecule has 0 spiro atoms. The van der Waals surface area contributed by atoms with E-state index in [1.54, 1.807) is 0 Å². The van der Waals surface area contributed by atoms with Crippen LogP contribution in [0.2, 0.25) is 0 Å². The molecule has 1 aromatic carbocycles. The van der Waals surface area contributed by atoms with Gasteiger partial charge in [0.2, 0.25) is 0 Å². The smallest absolute Gasteiger partial charge is 0.0305 e. The number of hydrogen-bond donors (Lipinski definition) is 1. The van der Waals surface area contributed by atoms with Gasteiger partial charge in [0.05, 0.1) is 0 Å². The van der Waals surface area contributed by atoms with Gasteiger partial charge in [-0.15, -0.1) is 0 Å². The van der Waals surface area contributed by atoms with Crippen LogP contribution in [-0.2, 0) is 0 Å². The van der Waals surface area contributed by atoms with E-state index in [1.807, 2.05) is 0 Å². The Labute approximate surface area is 119 Å². The molecule has 1 aliphatic rings. The maximum absolute atomic E-state index is 3.77. The summed E-state index contributed by atoms with van der Waals surface area (Å²) in [5.74, 6) is 0. The molecule has 0 bridgehead atoms. The number of hydrogen-bond acceptors (Lipinski definition) is 2. The van der Waals surface area contributed by atoms with E-state index in [0.29, 0.717) is 18.1 Å². The van der Waals surface area contributed by atoms with Gasteiger partial charge in [0.15, 0.2) is 0 Å². The molecule has 2 rings (SSSR count). The zero-order valence-corrected chi connectivity index (χ0v) is 13.1. The summed E-state index contributed by atoms with van der Waals surface area (Å²) in [6.45, 7) is 5.77. The minimum atomic E-state index is 0.404. The Bertz CT molecular complexity index is 394. The molecule has 2 nitrogen and oxygen atoms in total. The molecular formula is C15H23BrN2.